The lowest BCUT2D eigenvalue weighted by molar-refractivity contribution is 0.103. The topological polar surface area (TPSA) is 39.2 Å². The second kappa shape index (κ2) is 4.23. The van der Waals surface area contributed by atoms with Crippen LogP contribution in [-0.4, -0.2) is 17.9 Å². The molecule has 0 aliphatic carbocycles. The van der Waals surface area contributed by atoms with Gasteiger partial charge in [0, 0.05) is 5.56 Å². The highest BCUT2D eigenvalue weighted by Crippen LogP contribution is 2.18. The van der Waals surface area contributed by atoms with Crippen LogP contribution < -0.4 is 4.74 Å². The highest BCUT2D eigenvalue weighted by atomic mass is 32.1. The molecule has 2 rings (SSSR count). The highest BCUT2D eigenvalue weighted by molar-refractivity contribution is 7.12. The van der Waals surface area contributed by atoms with Crippen molar-refractivity contribution in [3.8, 4) is 5.88 Å². The Kier molecular flexibility index (Phi) is 2.78. The maximum atomic E-state index is 11.9. The molecule has 1 aromatic heterocycles. The normalized spacial score (nSPS) is 9.93. The third-order valence-corrected chi connectivity index (χ3v) is 2.74. The van der Waals surface area contributed by atoms with Gasteiger partial charge in [0.25, 0.3) is 0 Å². The third-order valence-electron chi connectivity index (χ3n) is 1.92. The van der Waals surface area contributed by atoms with E-state index in [0.29, 0.717) is 16.5 Å². The van der Waals surface area contributed by atoms with Crippen LogP contribution in [0.5, 0.6) is 5.88 Å². The van der Waals surface area contributed by atoms with E-state index in [1.807, 2.05) is 18.2 Å². The molecule has 0 radical (unpaired) electrons. The minimum atomic E-state index is -0.0658. The molecule has 0 bridgehead atoms. The van der Waals surface area contributed by atoms with E-state index in [4.69, 9.17) is 4.74 Å². The van der Waals surface area contributed by atoms with Gasteiger partial charge in [0.2, 0.25) is 11.7 Å². The van der Waals surface area contributed by atoms with E-state index < -0.39 is 0 Å². The molecule has 0 N–H and O–H groups in total. The van der Waals surface area contributed by atoms with Gasteiger partial charge >= 0.3 is 0 Å². The van der Waals surface area contributed by atoms with Crippen molar-refractivity contribution in [3.05, 3.63) is 46.3 Å². The molecule has 1 aromatic carbocycles. The number of benzene rings is 1. The molecule has 0 fully saturated rings. The zero-order valence-corrected chi connectivity index (χ0v) is 8.95. The molecule has 0 amide bonds. The minimum Gasteiger partial charge on any atom is -0.480 e. The molecule has 2 aromatic rings. The van der Waals surface area contributed by atoms with Crippen molar-refractivity contribution < 1.29 is 9.53 Å². The van der Waals surface area contributed by atoms with Crippen molar-refractivity contribution >= 4 is 17.1 Å². The van der Waals surface area contributed by atoms with E-state index >= 15 is 0 Å². The van der Waals surface area contributed by atoms with Crippen molar-refractivity contribution in [3.63, 3.8) is 0 Å². The summed E-state index contributed by atoms with van der Waals surface area (Å²) in [6, 6.07) is 9.09. The summed E-state index contributed by atoms with van der Waals surface area (Å²) in [6.07, 6.45) is 0. The molecule has 15 heavy (non-hydrogen) atoms. The number of carbonyl (C=O) groups excluding carboxylic acids is 1. The summed E-state index contributed by atoms with van der Waals surface area (Å²) in [7, 11) is 1.53. The molecule has 0 aliphatic heterocycles. The van der Waals surface area contributed by atoms with Gasteiger partial charge in [-0.3, -0.25) is 4.79 Å². The molecular formula is C11H9NO2S. The number of rotatable bonds is 3. The molecule has 0 unspecified atom stereocenters. The molecule has 0 atom stereocenters. The first-order valence-corrected chi connectivity index (χ1v) is 5.28. The number of thiazole rings is 1. The van der Waals surface area contributed by atoms with Gasteiger partial charge in [0.15, 0.2) is 5.01 Å². The van der Waals surface area contributed by atoms with E-state index in [9.17, 15) is 4.79 Å². The Labute approximate surface area is 91.4 Å². The van der Waals surface area contributed by atoms with Crippen LogP contribution in [0, 0.1) is 0 Å². The lowest BCUT2D eigenvalue weighted by Crippen LogP contribution is -2.00. The zero-order valence-electron chi connectivity index (χ0n) is 8.14. The number of carbonyl (C=O) groups is 1. The van der Waals surface area contributed by atoms with Crippen molar-refractivity contribution in [1.82, 2.24) is 4.98 Å². The van der Waals surface area contributed by atoms with Crippen LogP contribution in [0.2, 0.25) is 0 Å². The third kappa shape index (κ3) is 2.05. The fourth-order valence-corrected chi connectivity index (χ4v) is 1.90. The first-order valence-electron chi connectivity index (χ1n) is 4.40. The number of hydrogen-bond donors (Lipinski definition) is 0. The molecule has 4 heteroatoms. The Balaban J connectivity index is 2.29. The number of aromatic nitrogens is 1. The Morgan fingerprint density at radius 1 is 1.33 bits per heavy atom. The highest BCUT2D eigenvalue weighted by Gasteiger charge is 2.12. The fourth-order valence-electron chi connectivity index (χ4n) is 1.17. The van der Waals surface area contributed by atoms with Gasteiger partial charge in [0.05, 0.1) is 12.5 Å². The Hall–Kier alpha value is -1.68. The van der Waals surface area contributed by atoms with Crippen LogP contribution in [0.1, 0.15) is 15.4 Å². The Bertz CT molecular complexity index is 464. The van der Waals surface area contributed by atoms with Gasteiger partial charge in [-0.1, -0.05) is 30.3 Å². The summed E-state index contributed by atoms with van der Waals surface area (Å²) in [5.41, 5.74) is 0.648. The average molecular weight is 219 g/mol. The summed E-state index contributed by atoms with van der Waals surface area (Å²) in [5, 5.41) is 2.17. The number of nitrogens with zero attached hydrogens (tertiary/aromatic N) is 1. The second-order valence-electron chi connectivity index (χ2n) is 2.89. The first kappa shape index (κ1) is 9.86. The number of methoxy groups -OCH3 is 1. The smallest absolute Gasteiger partial charge is 0.224 e. The Morgan fingerprint density at radius 3 is 2.67 bits per heavy atom. The molecule has 0 aliphatic rings. The van der Waals surface area contributed by atoms with E-state index in [1.165, 1.54) is 18.4 Å². The molecule has 3 nitrogen and oxygen atoms in total. The predicted molar refractivity (Wildman–Crippen MR) is 58.5 cm³/mol. The van der Waals surface area contributed by atoms with E-state index in [0.717, 1.165) is 0 Å². The lowest BCUT2D eigenvalue weighted by atomic mass is 10.1. The van der Waals surface area contributed by atoms with Crippen LogP contribution in [-0.2, 0) is 0 Å². The van der Waals surface area contributed by atoms with Gasteiger partial charge in [-0.15, -0.1) is 11.3 Å². The molecule has 0 saturated carbocycles. The van der Waals surface area contributed by atoms with Crippen molar-refractivity contribution in [1.29, 1.82) is 0 Å². The largest absolute Gasteiger partial charge is 0.480 e. The summed E-state index contributed by atoms with van der Waals surface area (Å²) >= 11 is 1.29. The maximum Gasteiger partial charge on any atom is 0.224 e. The SMILES string of the molecule is COc1csc(C(=O)c2ccccc2)n1. The lowest BCUT2D eigenvalue weighted by Gasteiger charge is -1.95. The van der Waals surface area contributed by atoms with E-state index in [2.05, 4.69) is 4.98 Å². The summed E-state index contributed by atoms with van der Waals surface area (Å²) < 4.78 is 4.93. The van der Waals surface area contributed by atoms with Gasteiger partial charge < -0.3 is 4.74 Å². The number of hydrogen-bond acceptors (Lipinski definition) is 4. The molecule has 1 heterocycles. The molecule has 76 valence electrons. The average Bonchev–Trinajstić information content (AvgIpc) is 2.78. The van der Waals surface area contributed by atoms with Crippen LogP contribution >= 0.6 is 11.3 Å². The monoisotopic (exact) mass is 219 g/mol. The van der Waals surface area contributed by atoms with Crippen LogP contribution in [0.25, 0.3) is 0 Å². The Morgan fingerprint density at radius 2 is 2.07 bits per heavy atom. The van der Waals surface area contributed by atoms with Gasteiger partial charge in [-0.25, -0.2) is 0 Å². The fraction of sp³-hybridized carbons (Fsp3) is 0.0909. The standard InChI is InChI=1S/C11H9NO2S/c1-14-9-7-15-11(12-9)10(13)8-5-3-2-4-6-8/h2-7H,1H3. The molecular weight excluding hydrogens is 210 g/mol. The van der Waals surface area contributed by atoms with Gasteiger partial charge in [0.1, 0.15) is 0 Å². The van der Waals surface area contributed by atoms with Gasteiger partial charge in [-0.05, 0) is 0 Å². The van der Waals surface area contributed by atoms with Crippen LogP contribution in [0.4, 0.5) is 0 Å². The maximum absolute atomic E-state index is 11.9. The van der Waals surface area contributed by atoms with Crippen molar-refractivity contribution in [2.45, 2.75) is 0 Å². The number of ketones is 1. The molecule has 0 spiro atoms. The molecule has 0 saturated heterocycles. The minimum absolute atomic E-state index is 0.0658. The van der Waals surface area contributed by atoms with Gasteiger partial charge in [-0.2, -0.15) is 4.98 Å². The van der Waals surface area contributed by atoms with E-state index in [-0.39, 0.29) is 5.78 Å². The number of ether oxygens (including phenoxy) is 1. The first-order chi connectivity index (χ1) is 7.31. The zero-order chi connectivity index (χ0) is 10.7. The van der Waals surface area contributed by atoms with Crippen LogP contribution in [0.15, 0.2) is 35.7 Å². The predicted octanol–water partition coefficient (Wildman–Crippen LogP) is 2.38. The van der Waals surface area contributed by atoms with E-state index in [1.54, 1.807) is 17.5 Å². The van der Waals surface area contributed by atoms with Crippen molar-refractivity contribution in [2.24, 2.45) is 0 Å². The second-order valence-corrected chi connectivity index (χ2v) is 3.75. The summed E-state index contributed by atoms with van der Waals surface area (Å²) in [4.78, 5) is 15.9. The summed E-state index contributed by atoms with van der Waals surface area (Å²) in [6.45, 7) is 0. The van der Waals surface area contributed by atoms with Crippen LogP contribution in [0.3, 0.4) is 0 Å². The summed E-state index contributed by atoms with van der Waals surface area (Å²) in [5.74, 6) is 0.420. The van der Waals surface area contributed by atoms with Crippen molar-refractivity contribution in [2.75, 3.05) is 7.11 Å². The quantitative estimate of drug-likeness (QED) is 0.744.